The van der Waals surface area contributed by atoms with Gasteiger partial charge in [-0.1, -0.05) is 18.2 Å². The van der Waals surface area contributed by atoms with Gasteiger partial charge in [0.2, 0.25) is 5.91 Å². The van der Waals surface area contributed by atoms with Crippen molar-refractivity contribution in [1.82, 2.24) is 19.7 Å². The van der Waals surface area contributed by atoms with Crippen molar-refractivity contribution in [2.75, 3.05) is 19.7 Å². The van der Waals surface area contributed by atoms with Crippen molar-refractivity contribution in [2.24, 2.45) is 5.73 Å². The molecular formula is C24H27N5O2. The molecule has 160 valence electrons. The predicted molar refractivity (Wildman–Crippen MR) is 117 cm³/mol. The number of ether oxygens (including phenoxy) is 1. The largest absolute Gasteiger partial charge is 0.368 e. The lowest BCUT2D eigenvalue weighted by atomic mass is 9.83. The molecule has 2 aliphatic rings. The van der Waals surface area contributed by atoms with E-state index in [-0.39, 0.29) is 5.91 Å². The third-order valence-electron chi connectivity index (χ3n) is 6.40. The van der Waals surface area contributed by atoms with E-state index in [1.807, 2.05) is 39.9 Å². The molecule has 0 saturated carbocycles. The Hall–Kier alpha value is -3.03. The summed E-state index contributed by atoms with van der Waals surface area (Å²) in [6.07, 6.45) is 8.43. The number of piperidine rings is 1. The van der Waals surface area contributed by atoms with Gasteiger partial charge in [-0.2, -0.15) is 5.10 Å². The molecule has 4 heterocycles. The van der Waals surface area contributed by atoms with Gasteiger partial charge in [-0.25, -0.2) is 4.68 Å². The van der Waals surface area contributed by atoms with Crippen molar-refractivity contribution < 1.29 is 9.53 Å². The number of benzene rings is 1. The highest BCUT2D eigenvalue weighted by Gasteiger charge is 2.44. The van der Waals surface area contributed by atoms with E-state index in [1.54, 1.807) is 12.4 Å². The van der Waals surface area contributed by atoms with Crippen LogP contribution < -0.4 is 5.73 Å². The lowest BCUT2D eigenvalue weighted by Crippen LogP contribution is -2.52. The fourth-order valence-electron chi connectivity index (χ4n) is 4.68. The number of pyridine rings is 1. The molecule has 3 aromatic rings. The molecule has 2 N–H and O–H groups in total. The molecule has 1 spiro atoms. The van der Waals surface area contributed by atoms with Gasteiger partial charge in [0, 0.05) is 31.7 Å². The van der Waals surface area contributed by atoms with Gasteiger partial charge in [0.1, 0.15) is 5.60 Å². The zero-order valence-electron chi connectivity index (χ0n) is 17.5. The highest BCUT2D eigenvalue weighted by Crippen LogP contribution is 2.41. The number of hydrogen-bond acceptors (Lipinski definition) is 5. The smallest absolute Gasteiger partial charge is 0.239 e. The Morgan fingerprint density at radius 2 is 1.87 bits per heavy atom. The summed E-state index contributed by atoms with van der Waals surface area (Å²) >= 11 is 0. The number of nitrogens with zero attached hydrogens (tertiary/aromatic N) is 4. The number of hydrogen-bond donors (Lipinski definition) is 1. The van der Waals surface area contributed by atoms with E-state index in [4.69, 9.17) is 15.6 Å². The second-order valence-electron chi connectivity index (χ2n) is 8.37. The van der Waals surface area contributed by atoms with Gasteiger partial charge in [-0.3, -0.25) is 9.78 Å². The summed E-state index contributed by atoms with van der Waals surface area (Å²) in [4.78, 5) is 18.8. The van der Waals surface area contributed by atoms with Gasteiger partial charge in [0.15, 0.2) is 0 Å². The van der Waals surface area contributed by atoms with E-state index >= 15 is 0 Å². The van der Waals surface area contributed by atoms with Crippen LogP contribution >= 0.6 is 0 Å². The SMILES string of the molecule is N[C@@H](Cc1ccncc1)C(=O)N1CCC2(CC1)OCCc1cn(-c3ccccc3)nc12. The van der Waals surface area contributed by atoms with Crippen molar-refractivity contribution >= 4 is 5.91 Å². The van der Waals surface area contributed by atoms with Gasteiger partial charge < -0.3 is 15.4 Å². The Morgan fingerprint density at radius 3 is 2.61 bits per heavy atom. The molecule has 7 heteroatoms. The molecule has 0 bridgehead atoms. The fourth-order valence-corrected chi connectivity index (χ4v) is 4.68. The van der Waals surface area contributed by atoms with Crippen LogP contribution in [0, 0.1) is 0 Å². The van der Waals surface area contributed by atoms with Crippen LogP contribution in [0.15, 0.2) is 61.1 Å². The molecule has 5 rings (SSSR count). The topological polar surface area (TPSA) is 86.3 Å². The van der Waals surface area contributed by atoms with Gasteiger partial charge in [-0.05, 0) is 61.1 Å². The quantitative estimate of drug-likeness (QED) is 0.704. The van der Waals surface area contributed by atoms with E-state index in [0.29, 0.717) is 26.1 Å². The zero-order valence-corrected chi connectivity index (χ0v) is 17.5. The molecule has 2 aromatic heterocycles. The molecular weight excluding hydrogens is 390 g/mol. The molecule has 1 fully saturated rings. The number of likely N-dealkylation sites (tertiary alicyclic amines) is 1. The molecule has 0 unspecified atom stereocenters. The Kier molecular flexibility index (Phi) is 5.29. The van der Waals surface area contributed by atoms with Crippen LogP contribution in [0.5, 0.6) is 0 Å². The van der Waals surface area contributed by atoms with Crippen molar-refractivity contribution in [3.8, 4) is 5.69 Å². The lowest BCUT2D eigenvalue weighted by molar-refractivity contribution is -0.142. The van der Waals surface area contributed by atoms with Crippen molar-refractivity contribution in [1.29, 1.82) is 0 Å². The number of para-hydroxylation sites is 1. The van der Waals surface area contributed by atoms with E-state index in [1.165, 1.54) is 5.56 Å². The minimum absolute atomic E-state index is 0.00231. The fraction of sp³-hybridized carbons (Fsp3) is 0.375. The number of aromatic nitrogens is 3. The first-order chi connectivity index (χ1) is 15.1. The van der Waals surface area contributed by atoms with Crippen molar-refractivity contribution in [3.05, 3.63) is 77.9 Å². The average molecular weight is 418 g/mol. The molecule has 1 saturated heterocycles. The maximum absolute atomic E-state index is 12.9. The summed E-state index contributed by atoms with van der Waals surface area (Å²) in [6.45, 7) is 1.93. The Balaban J connectivity index is 1.29. The molecule has 1 aromatic carbocycles. The van der Waals surface area contributed by atoms with E-state index < -0.39 is 11.6 Å². The van der Waals surface area contributed by atoms with Crippen molar-refractivity contribution in [2.45, 2.75) is 37.3 Å². The molecule has 7 nitrogen and oxygen atoms in total. The average Bonchev–Trinajstić information content (AvgIpc) is 3.27. The first-order valence-corrected chi connectivity index (χ1v) is 10.9. The van der Waals surface area contributed by atoms with Gasteiger partial charge in [0.05, 0.1) is 24.0 Å². The van der Waals surface area contributed by atoms with Crippen LogP contribution in [0.3, 0.4) is 0 Å². The molecule has 0 radical (unpaired) electrons. The zero-order chi connectivity index (χ0) is 21.3. The van der Waals surface area contributed by atoms with E-state index in [9.17, 15) is 4.79 Å². The van der Waals surface area contributed by atoms with Gasteiger partial charge >= 0.3 is 0 Å². The second kappa shape index (κ2) is 8.24. The summed E-state index contributed by atoms with van der Waals surface area (Å²) < 4.78 is 8.26. The van der Waals surface area contributed by atoms with Gasteiger partial charge in [-0.15, -0.1) is 0 Å². The molecule has 1 amide bonds. The third-order valence-corrected chi connectivity index (χ3v) is 6.40. The van der Waals surface area contributed by atoms with Crippen LogP contribution in [0.4, 0.5) is 0 Å². The summed E-state index contributed by atoms with van der Waals surface area (Å²) in [6, 6.07) is 13.4. The number of carbonyl (C=O) groups is 1. The van der Waals surface area contributed by atoms with Crippen LogP contribution in [0.1, 0.15) is 29.7 Å². The van der Waals surface area contributed by atoms with Crippen LogP contribution in [0.25, 0.3) is 5.69 Å². The van der Waals surface area contributed by atoms with Gasteiger partial charge in [0.25, 0.3) is 0 Å². The van der Waals surface area contributed by atoms with Crippen LogP contribution in [0.2, 0.25) is 0 Å². The van der Waals surface area contributed by atoms with Crippen LogP contribution in [-0.2, 0) is 28.0 Å². The van der Waals surface area contributed by atoms with Crippen LogP contribution in [-0.4, -0.2) is 51.3 Å². The molecule has 31 heavy (non-hydrogen) atoms. The molecule has 0 aliphatic carbocycles. The normalized spacial score (nSPS) is 18.5. The van der Waals surface area contributed by atoms with E-state index in [0.717, 1.165) is 36.2 Å². The number of fused-ring (bicyclic) bond motifs is 2. The summed E-state index contributed by atoms with van der Waals surface area (Å²) in [5.74, 6) is -0.00231. The molecule has 2 aliphatic heterocycles. The summed E-state index contributed by atoms with van der Waals surface area (Å²) in [5, 5.41) is 4.92. The summed E-state index contributed by atoms with van der Waals surface area (Å²) in [7, 11) is 0. The summed E-state index contributed by atoms with van der Waals surface area (Å²) in [5.41, 5.74) is 10.2. The van der Waals surface area contributed by atoms with Crippen molar-refractivity contribution in [3.63, 3.8) is 0 Å². The number of amides is 1. The third kappa shape index (κ3) is 3.86. The first kappa shape index (κ1) is 19.9. The first-order valence-electron chi connectivity index (χ1n) is 10.9. The standard InChI is InChI=1S/C24H27N5O2/c25-21(16-18-6-11-26-12-7-18)23(30)28-13-9-24(10-14-28)22-19(8-15-31-24)17-29(27-22)20-4-2-1-3-5-20/h1-7,11-12,17,21H,8-10,13-16,25H2/t21-/m0/s1. The highest BCUT2D eigenvalue weighted by molar-refractivity contribution is 5.82. The Morgan fingerprint density at radius 1 is 1.13 bits per heavy atom. The second-order valence-corrected chi connectivity index (χ2v) is 8.37. The number of rotatable bonds is 4. The maximum atomic E-state index is 12.9. The maximum Gasteiger partial charge on any atom is 0.239 e. The Labute approximate surface area is 181 Å². The lowest BCUT2D eigenvalue weighted by Gasteiger charge is -2.43. The number of nitrogens with two attached hydrogens (primary N) is 1. The molecule has 1 atom stereocenters. The number of carbonyl (C=O) groups excluding carboxylic acids is 1. The minimum atomic E-state index is -0.545. The Bertz CT molecular complexity index is 1040. The predicted octanol–water partition coefficient (Wildman–Crippen LogP) is 2.23. The van der Waals surface area contributed by atoms with E-state index in [2.05, 4.69) is 23.3 Å². The monoisotopic (exact) mass is 417 g/mol. The highest BCUT2D eigenvalue weighted by atomic mass is 16.5. The minimum Gasteiger partial charge on any atom is -0.368 e.